The number of hydrogen-bond acceptors (Lipinski definition) is 3. The normalized spacial score (nSPS) is 17.5. The molecule has 4 nitrogen and oxygen atoms in total. The van der Waals surface area contributed by atoms with Crippen LogP contribution in [0.3, 0.4) is 0 Å². The maximum atomic E-state index is 12.6. The van der Waals surface area contributed by atoms with Crippen molar-refractivity contribution in [3.63, 3.8) is 0 Å². The number of carboxylic acids is 1. The molecule has 0 radical (unpaired) electrons. The Morgan fingerprint density at radius 1 is 1.46 bits per heavy atom. The predicted molar refractivity (Wildman–Crippen MR) is 43.0 cm³/mol. The number of ketones is 1. The van der Waals surface area contributed by atoms with Gasteiger partial charge in [-0.15, -0.1) is 0 Å². The van der Waals surface area contributed by atoms with E-state index in [4.69, 9.17) is 10.2 Å². The Morgan fingerprint density at radius 3 is 2.23 bits per heavy atom. The summed E-state index contributed by atoms with van der Waals surface area (Å²) in [6.45, 7) is 2.94. The van der Waals surface area contributed by atoms with Crippen LogP contribution in [0.2, 0.25) is 0 Å². The first-order valence-electron chi connectivity index (χ1n) is 4.00. The Labute approximate surface area is 75.4 Å². The minimum absolute atomic E-state index is 0.291. The minimum Gasteiger partial charge on any atom is -0.479 e. The van der Waals surface area contributed by atoms with Crippen molar-refractivity contribution >= 4 is 11.8 Å². The third-order valence-corrected chi connectivity index (χ3v) is 1.91. The van der Waals surface area contributed by atoms with E-state index in [-0.39, 0.29) is 0 Å². The summed E-state index contributed by atoms with van der Waals surface area (Å²) in [6.07, 6.45) is -3.22. The van der Waals surface area contributed by atoms with Crippen molar-refractivity contribution in [3.05, 3.63) is 0 Å². The van der Waals surface area contributed by atoms with Gasteiger partial charge in [0.05, 0.1) is 6.10 Å². The van der Waals surface area contributed by atoms with Crippen LogP contribution < -0.4 is 0 Å². The lowest BCUT2D eigenvalue weighted by molar-refractivity contribution is -0.149. The molecule has 0 amide bonds. The first-order valence-corrected chi connectivity index (χ1v) is 4.00. The molecule has 0 spiro atoms. The molecular weight excluding hydrogens is 179 g/mol. The number of Topliss-reactive ketones (excluding diaryl/α,β-unsaturated/α-hetero) is 1. The molecule has 0 heterocycles. The molecule has 0 saturated carbocycles. The summed E-state index contributed by atoms with van der Waals surface area (Å²) in [5, 5.41) is 17.3. The van der Waals surface area contributed by atoms with Crippen LogP contribution in [0, 0.1) is 5.92 Å². The van der Waals surface area contributed by atoms with Gasteiger partial charge in [-0.25, -0.2) is 9.18 Å². The maximum absolute atomic E-state index is 12.6. The minimum atomic E-state index is -2.53. The standard InChI is InChI=1S/C8H13FO4/c1-3-5(10)4(2)7(11)6(9)8(12)13/h4-6,10H,3H2,1-2H3,(H,12,13)/t4-,5+,6-/m0/s1. The number of carbonyl (C=O) groups is 2. The fourth-order valence-corrected chi connectivity index (χ4v) is 0.896. The highest BCUT2D eigenvalue weighted by Gasteiger charge is 2.32. The summed E-state index contributed by atoms with van der Waals surface area (Å²) in [5.41, 5.74) is 0. The van der Waals surface area contributed by atoms with E-state index in [0.29, 0.717) is 6.42 Å². The monoisotopic (exact) mass is 192 g/mol. The van der Waals surface area contributed by atoms with Crippen molar-refractivity contribution in [1.82, 2.24) is 0 Å². The molecule has 0 fully saturated rings. The molecular formula is C8H13FO4. The van der Waals surface area contributed by atoms with Crippen molar-refractivity contribution < 1.29 is 24.2 Å². The molecule has 0 aliphatic carbocycles. The zero-order valence-corrected chi connectivity index (χ0v) is 7.53. The van der Waals surface area contributed by atoms with Crippen LogP contribution >= 0.6 is 0 Å². The van der Waals surface area contributed by atoms with Crippen LogP contribution in [-0.2, 0) is 9.59 Å². The Bertz CT molecular complexity index is 204. The lowest BCUT2D eigenvalue weighted by Gasteiger charge is -2.16. The molecule has 0 aliphatic rings. The van der Waals surface area contributed by atoms with E-state index in [2.05, 4.69) is 0 Å². The lowest BCUT2D eigenvalue weighted by atomic mass is 9.95. The van der Waals surface area contributed by atoms with Gasteiger partial charge in [0.15, 0.2) is 5.78 Å². The number of aliphatic hydroxyl groups is 1. The molecule has 0 rings (SSSR count). The number of aliphatic carboxylic acids is 1. The Morgan fingerprint density at radius 2 is 1.92 bits per heavy atom. The van der Waals surface area contributed by atoms with Crippen molar-refractivity contribution in [2.45, 2.75) is 32.5 Å². The van der Waals surface area contributed by atoms with Gasteiger partial charge in [-0.05, 0) is 6.42 Å². The van der Waals surface area contributed by atoms with E-state index in [0.717, 1.165) is 0 Å². The third kappa shape index (κ3) is 3.10. The zero-order chi connectivity index (χ0) is 10.6. The number of carboxylic acid groups (broad SMARTS) is 1. The number of hydrogen-bond donors (Lipinski definition) is 2. The van der Waals surface area contributed by atoms with E-state index >= 15 is 0 Å². The van der Waals surface area contributed by atoms with Gasteiger partial charge in [-0.2, -0.15) is 0 Å². The highest BCUT2D eigenvalue weighted by atomic mass is 19.1. The molecule has 2 N–H and O–H groups in total. The number of alkyl halides is 1. The fourth-order valence-electron chi connectivity index (χ4n) is 0.896. The Kier molecular flexibility index (Phi) is 4.55. The van der Waals surface area contributed by atoms with Gasteiger partial charge in [-0.1, -0.05) is 13.8 Å². The molecule has 0 unspecified atom stereocenters. The van der Waals surface area contributed by atoms with Crippen LogP contribution in [-0.4, -0.2) is 34.2 Å². The molecule has 5 heteroatoms. The van der Waals surface area contributed by atoms with Gasteiger partial charge in [0.2, 0.25) is 0 Å². The van der Waals surface area contributed by atoms with Crippen LogP contribution in [0.15, 0.2) is 0 Å². The molecule has 0 aromatic heterocycles. The van der Waals surface area contributed by atoms with Gasteiger partial charge >= 0.3 is 5.97 Å². The summed E-state index contributed by atoms with van der Waals surface area (Å²) in [7, 11) is 0. The zero-order valence-electron chi connectivity index (χ0n) is 7.53. The predicted octanol–water partition coefficient (Wildman–Crippen LogP) is 0.385. The fraction of sp³-hybridized carbons (Fsp3) is 0.750. The smallest absolute Gasteiger partial charge is 0.346 e. The molecule has 0 saturated heterocycles. The van der Waals surface area contributed by atoms with E-state index in [1.807, 2.05) is 0 Å². The summed E-state index contributed by atoms with van der Waals surface area (Å²) in [6, 6.07) is 0. The van der Waals surface area contributed by atoms with Gasteiger partial charge < -0.3 is 10.2 Å². The van der Waals surface area contributed by atoms with Crippen LogP contribution in [0.5, 0.6) is 0 Å². The van der Waals surface area contributed by atoms with E-state index < -0.39 is 29.9 Å². The summed E-state index contributed by atoms with van der Waals surface area (Å²) in [4.78, 5) is 21.0. The van der Waals surface area contributed by atoms with E-state index in [1.54, 1.807) is 6.92 Å². The highest BCUT2D eigenvalue weighted by molar-refractivity contribution is 6.02. The largest absolute Gasteiger partial charge is 0.479 e. The molecule has 0 aromatic rings. The topological polar surface area (TPSA) is 74.6 Å². The molecule has 13 heavy (non-hydrogen) atoms. The number of halogens is 1. The summed E-state index contributed by atoms with van der Waals surface area (Å²) in [5.74, 6) is -3.86. The second kappa shape index (κ2) is 4.91. The molecule has 0 aromatic carbocycles. The summed E-state index contributed by atoms with van der Waals surface area (Å²) < 4.78 is 12.6. The van der Waals surface area contributed by atoms with E-state index in [1.165, 1.54) is 6.92 Å². The highest BCUT2D eigenvalue weighted by Crippen LogP contribution is 2.12. The Balaban J connectivity index is 4.33. The van der Waals surface area contributed by atoms with Crippen molar-refractivity contribution in [1.29, 1.82) is 0 Å². The number of carbonyl (C=O) groups excluding carboxylic acids is 1. The Hall–Kier alpha value is -0.970. The summed E-state index contributed by atoms with van der Waals surface area (Å²) >= 11 is 0. The second-order valence-electron chi connectivity index (χ2n) is 2.87. The molecule has 0 aliphatic heterocycles. The first kappa shape index (κ1) is 12.0. The van der Waals surface area contributed by atoms with Crippen LogP contribution in [0.1, 0.15) is 20.3 Å². The quantitative estimate of drug-likeness (QED) is 0.618. The average Bonchev–Trinajstić information content (AvgIpc) is 2.12. The van der Waals surface area contributed by atoms with Gasteiger partial charge in [0, 0.05) is 5.92 Å². The van der Waals surface area contributed by atoms with Crippen molar-refractivity contribution in [3.8, 4) is 0 Å². The van der Waals surface area contributed by atoms with Gasteiger partial charge in [-0.3, -0.25) is 4.79 Å². The van der Waals surface area contributed by atoms with Crippen LogP contribution in [0.4, 0.5) is 4.39 Å². The molecule has 0 bridgehead atoms. The van der Waals surface area contributed by atoms with Crippen molar-refractivity contribution in [2.24, 2.45) is 5.92 Å². The number of aliphatic hydroxyl groups excluding tert-OH is 1. The van der Waals surface area contributed by atoms with Gasteiger partial charge in [0.25, 0.3) is 6.17 Å². The number of rotatable bonds is 5. The average molecular weight is 192 g/mol. The molecule has 76 valence electrons. The molecule has 3 atom stereocenters. The van der Waals surface area contributed by atoms with Crippen molar-refractivity contribution in [2.75, 3.05) is 0 Å². The first-order chi connectivity index (χ1) is 5.91. The lowest BCUT2D eigenvalue weighted by Crippen LogP contribution is -2.35. The van der Waals surface area contributed by atoms with E-state index in [9.17, 15) is 14.0 Å². The van der Waals surface area contributed by atoms with Gasteiger partial charge in [0.1, 0.15) is 0 Å². The third-order valence-electron chi connectivity index (χ3n) is 1.91. The SMILES string of the molecule is CC[C@@H](O)[C@H](C)C(=O)[C@H](F)C(=O)O. The maximum Gasteiger partial charge on any atom is 0.346 e. The van der Waals surface area contributed by atoms with Crippen LogP contribution in [0.25, 0.3) is 0 Å². The second-order valence-corrected chi connectivity index (χ2v) is 2.87.